The van der Waals surface area contributed by atoms with E-state index in [-0.39, 0.29) is 11.5 Å². The number of nitrogens with one attached hydrogen (secondary N) is 1. The summed E-state index contributed by atoms with van der Waals surface area (Å²) in [4.78, 5) is 11.1. The van der Waals surface area contributed by atoms with Gasteiger partial charge in [0.15, 0.2) is 0 Å². The summed E-state index contributed by atoms with van der Waals surface area (Å²) in [5.74, 6) is -0.145. The number of carbonyl (C=O) groups excluding carboxylic acids is 1. The van der Waals surface area contributed by atoms with E-state index in [0.29, 0.717) is 13.0 Å². The van der Waals surface area contributed by atoms with Gasteiger partial charge in [0.1, 0.15) is 6.61 Å². The second-order valence-electron chi connectivity index (χ2n) is 5.06. The third-order valence-corrected chi connectivity index (χ3v) is 2.74. The summed E-state index contributed by atoms with van der Waals surface area (Å²) in [6.45, 7) is 7.18. The highest BCUT2D eigenvalue weighted by Crippen LogP contribution is 2.05. The molecule has 3 nitrogen and oxygen atoms in total. The van der Waals surface area contributed by atoms with Crippen LogP contribution in [-0.4, -0.2) is 24.7 Å². The summed E-state index contributed by atoms with van der Waals surface area (Å²) in [5, 5.41) is 3.41. The maximum Gasteiger partial charge on any atom is 0.305 e. The van der Waals surface area contributed by atoms with Gasteiger partial charge < -0.3 is 10.1 Å². The van der Waals surface area contributed by atoms with Gasteiger partial charge in [-0.25, -0.2) is 0 Å². The molecule has 0 heterocycles. The highest BCUT2D eigenvalue weighted by molar-refractivity contribution is 5.68. The zero-order valence-corrected chi connectivity index (χ0v) is 11.5. The van der Waals surface area contributed by atoms with Gasteiger partial charge in [-0.1, -0.05) is 37.3 Å². The van der Waals surface area contributed by atoms with Crippen molar-refractivity contribution < 1.29 is 9.53 Å². The lowest BCUT2D eigenvalue weighted by molar-refractivity contribution is -0.145. The third-order valence-electron chi connectivity index (χ3n) is 2.74. The van der Waals surface area contributed by atoms with Crippen LogP contribution in [0.2, 0.25) is 0 Å². The van der Waals surface area contributed by atoms with Gasteiger partial charge in [0.25, 0.3) is 0 Å². The van der Waals surface area contributed by atoms with Crippen molar-refractivity contribution in [3.8, 4) is 0 Å². The Labute approximate surface area is 110 Å². The van der Waals surface area contributed by atoms with Crippen LogP contribution in [0.3, 0.4) is 0 Å². The quantitative estimate of drug-likeness (QED) is 0.755. The topological polar surface area (TPSA) is 38.3 Å². The average molecular weight is 249 g/mol. The molecule has 1 N–H and O–H groups in total. The first-order valence-corrected chi connectivity index (χ1v) is 6.48. The van der Waals surface area contributed by atoms with E-state index in [1.807, 2.05) is 32.0 Å². The molecule has 0 unspecified atom stereocenters. The molecule has 0 aliphatic carbocycles. The molecular weight excluding hydrogens is 226 g/mol. The Morgan fingerprint density at radius 1 is 1.28 bits per heavy atom. The summed E-state index contributed by atoms with van der Waals surface area (Å²) >= 11 is 0. The maximum absolute atomic E-state index is 11.1. The number of hydrogen-bond donors (Lipinski definition) is 1. The fourth-order valence-corrected chi connectivity index (χ4v) is 1.60. The average Bonchev–Trinajstić information content (AvgIpc) is 2.37. The van der Waals surface area contributed by atoms with Crippen molar-refractivity contribution in [2.45, 2.75) is 39.2 Å². The van der Waals surface area contributed by atoms with Crippen LogP contribution in [0, 0.1) is 0 Å². The maximum atomic E-state index is 11.1. The molecule has 1 rings (SSSR count). The minimum Gasteiger partial charge on any atom is -0.464 e. The van der Waals surface area contributed by atoms with Crippen LogP contribution in [-0.2, 0) is 16.0 Å². The van der Waals surface area contributed by atoms with Crippen molar-refractivity contribution in [3.63, 3.8) is 0 Å². The molecule has 0 aromatic heterocycles. The Morgan fingerprint density at radius 3 is 2.56 bits per heavy atom. The zero-order chi connectivity index (χ0) is 13.4. The normalized spacial score (nSPS) is 11.3. The predicted molar refractivity (Wildman–Crippen MR) is 73.5 cm³/mol. The summed E-state index contributed by atoms with van der Waals surface area (Å²) in [6.07, 6.45) is 1.41. The molecule has 100 valence electrons. The van der Waals surface area contributed by atoms with Gasteiger partial charge in [-0.05, 0) is 32.4 Å². The van der Waals surface area contributed by atoms with E-state index in [4.69, 9.17) is 4.74 Å². The van der Waals surface area contributed by atoms with Crippen LogP contribution in [0.25, 0.3) is 0 Å². The van der Waals surface area contributed by atoms with Crippen molar-refractivity contribution in [1.82, 2.24) is 5.32 Å². The molecule has 0 bridgehead atoms. The third kappa shape index (κ3) is 5.82. The van der Waals surface area contributed by atoms with E-state index >= 15 is 0 Å². The lowest BCUT2D eigenvalue weighted by Crippen LogP contribution is -2.45. The molecule has 18 heavy (non-hydrogen) atoms. The minimum atomic E-state index is -0.181. The van der Waals surface area contributed by atoms with E-state index in [1.165, 1.54) is 5.56 Å². The van der Waals surface area contributed by atoms with Gasteiger partial charge in [-0.15, -0.1) is 0 Å². The summed E-state index contributed by atoms with van der Waals surface area (Å²) in [7, 11) is 0. The number of rotatable bonds is 7. The van der Waals surface area contributed by atoms with Crippen molar-refractivity contribution in [3.05, 3.63) is 35.9 Å². The molecule has 0 saturated carbocycles. The Hall–Kier alpha value is -1.35. The van der Waals surface area contributed by atoms with Gasteiger partial charge in [0.05, 0.1) is 0 Å². The molecule has 0 aliphatic rings. The molecule has 0 atom stereocenters. The second kappa shape index (κ2) is 7.17. The zero-order valence-electron chi connectivity index (χ0n) is 11.5. The van der Waals surface area contributed by atoms with Crippen LogP contribution >= 0.6 is 0 Å². The molecule has 3 heteroatoms. The summed E-state index contributed by atoms with van der Waals surface area (Å²) in [6, 6.07) is 10.3. The van der Waals surface area contributed by atoms with Crippen molar-refractivity contribution in [2.75, 3.05) is 13.2 Å². The van der Waals surface area contributed by atoms with E-state index in [2.05, 4.69) is 17.4 Å². The number of benzene rings is 1. The standard InChI is InChI=1S/C15H23NO2/c1-4-14(17)18-12-15(2,3)16-11-10-13-8-6-5-7-9-13/h5-9,16H,4,10-12H2,1-3H3. The highest BCUT2D eigenvalue weighted by Gasteiger charge is 2.18. The van der Waals surface area contributed by atoms with Crippen molar-refractivity contribution in [2.24, 2.45) is 0 Å². The fourth-order valence-electron chi connectivity index (χ4n) is 1.60. The number of carbonyl (C=O) groups is 1. The lowest BCUT2D eigenvalue weighted by atomic mass is 10.1. The van der Waals surface area contributed by atoms with Gasteiger partial charge in [0, 0.05) is 12.0 Å². The van der Waals surface area contributed by atoms with E-state index in [0.717, 1.165) is 13.0 Å². The SMILES string of the molecule is CCC(=O)OCC(C)(C)NCCc1ccccc1. The van der Waals surface area contributed by atoms with Crippen LogP contribution in [0.15, 0.2) is 30.3 Å². The van der Waals surface area contributed by atoms with Crippen LogP contribution in [0.1, 0.15) is 32.8 Å². The Bertz CT molecular complexity index is 360. The Morgan fingerprint density at radius 2 is 1.94 bits per heavy atom. The van der Waals surface area contributed by atoms with Gasteiger partial charge in [-0.3, -0.25) is 4.79 Å². The number of esters is 1. The molecule has 1 aromatic carbocycles. The molecule has 0 aliphatic heterocycles. The first kappa shape index (κ1) is 14.7. The smallest absolute Gasteiger partial charge is 0.305 e. The second-order valence-corrected chi connectivity index (χ2v) is 5.06. The minimum absolute atomic E-state index is 0.145. The van der Waals surface area contributed by atoms with E-state index in [1.54, 1.807) is 6.92 Å². The Balaban J connectivity index is 2.26. The van der Waals surface area contributed by atoms with Crippen LogP contribution in [0.5, 0.6) is 0 Å². The van der Waals surface area contributed by atoms with Gasteiger partial charge in [-0.2, -0.15) is 0 Å². The monoisotopic (exact) mass is 249 g/mol. The van der Waals surface area contributed by atoms with Gasteiger partial charge >= 0.3 is 5.97 Å². The largest absolute Gasteiger partial charge is 0.464 e. The van der Waals surface area contributed by atoms with Crippen LogP contribution < -0.4 is 5.32 Å². The molecule has 0 saturated heterocycles. The van der Waals surface area contributed by atoms with Crippen molar-refractivity contribution >= 4 is 5.97 Å². The molecule has 1 aromatic rings. The summed E-state index contributed by atoms with van der Waals surface area (Å²) < 4.78 is 5.16. The Kier molecular flexibility index (Phi) is 5.86. The highest BCUT2D eigenvalue weighted by atomic mass is 16.5. The van der Waals surface area contributed by atoms with Crippen LogP contribution in [0.4, 0.5) is 0 Å². The number of hydrogen-bond acceptors (Lipinski definition) is 3. The lowest BCUT2D eigenvalue weighted by Gasteiger charge is -2.25. The predicted octanol–water partition coefficient (Wildman–Crippen LogP) is 2.55. The first-order valence-electron chi connectivity index (χ1n) is 6.48. The molecular formula is C15H23NO2. The number of ether oxygens (including phenoxy) is 1. The van der Waals surface area contributed by atoms with Gasteiger partial charge in [0.2, 0.25) is 0 Å². The molecule has 0 spiro atoms. The fraction of sp³-hybridized carbons (Fsp3) is 0.533. The molecule has 0 fully saturated rings. The first-order chi connectivity index (χ1) is 8.53. The molecule has 0 amide bonds. The summed E-state index contributed by atoms with van der Waals surface area (Å²) in [5.41, 5.74) is 1.13. The molecule has 0 radical (unpaired) electrons. The van der Waals surface area contributed by atoms with Crippen molar-refractivity contribution in [1.29, 1.82) is 0 Å². The van der Waals surface area contributed by atoms with E-state index in [9.17, 15) is 4.79 Å². The van der Waals surface area contributed by atoms with E-state index < -0.39 is 0 Å².